The van der Waals surface area contributed by atoms with Gasteiger partial charge in [0.2, 0.25) is 0 Å². The molecule has 20 heteroatoms. The summed E-state index contributed by atoms with van der Waals surface area (Å²) in [6.07, 6.45) is 4.21. The lowest BCUT2D eigenvalue weighted by molar-refractivity contribution is -0.135. The lowest BCUT2D eigenvalue weighted by Crippen LogP contribution is -2.49. The van der Waals surface area contributed by atoms with E-state index in [9.17, 15) is 9.59 Å². The summed E-state index contributed by atoms with van der Waals surface area (Å²) in [7, 11) is 1.82. The Morgan fingerprint density at radius 1 is 0.629 bits per heavy atom. The number of benzene rings is 4. The molecular formula is C50H56BBrCl4N6O8. The second kappa shape index (κ2) is 20.1. The van der Waals surface area contributed by atoms with Crippen LogP contribution in [0.4, 0.5) is 0 Å². The number of halogens is 5. The summed E-state index contributed by atoms with van der Waals surface area (Å²) in [5.74, 6) is 2.18. The summed E-state index contributed by atoms with van der Waals surface area (Å²) in [6, 6.07) is 21.4. The Bertz CT molecular complexity index is 2730. The van der Waals surface area contributed by atoms with Gasteiger partial charge in [0.1, 0.15) is 23.7 Å². The van der Waals surface area contributed by atoms with Gasteiger partial charge in [-0.2, -0.15) is 0 Å². The first kappa shape index (κ1) is 52.2. The summed E-state index contributed by atoms with van der Waals surface area (Å²) in [5, 5.41) is 19.3. The fourth-order valence-corrected chi connectivity index (χ4v) is 11.9. The third-order valence-electron chi connectivity index (χ3n) is 13.9. The molecule has 10 rings (SSSR count). The number of rotatable bonds is 4. The monoisotopic (exact) mass is 1100 g/mol. The van der Waals surface area contributed by atoms with Gasteiger partial charge in [-0.3, -0.25) is 19.4 Å². The molecule has 6 unspecified atom stereocenters. The maximum atomic E-state index is 13.6. The van der Waals surface area contributed by atoms with Crippen LogP contribution in [0, 0.1) is 11.8 Å². The van der Waals surface area contributed by atoms with Crippen molar-refractivity contribution in [3.63, 3.8) is 0 Å². The number of carbonyl (C=O) groups excluding carboxylic acids is 2. The smallest absolute Gasteiger partial charge is 0.488 e. The van der Waals surface area contributed by atoms with Crippen LogP contribution < -0.4 is 26.4 Å². The van der Waals surface area contributed by atoms with E-state index in [1.807, 2.05) is 48.5 Å². The zero-order valence-electron chi connectivity index (χ0n) is 39.6. The van der Waals surface area contributed by atoms with Crippen molar-refractivity contribution in [2.75, 3.05) is 27.3 Å². The minimum atomic E-state index is -1.52. The zero-order valence-corrected chi connectivity index (χ0v) is 44.3. The summed E-state index contributed by atoms with van der Waals surface area (Å²) in [4.78, 5) is 39.0. The number of fused-ring (bicyclic) bond motifs is 4. The molecule has 2 saturated heterocycles. The molecule has 2 spiro atoms. The molecule has 6 N–H and O–H groups in total. The summed E-state index contributed by atoms with van der Waals surface area (Å²) >= 11 is 27.1. The average molecular weight is 1100 g/mol. The highest BCUT2D eigenvalue weighted by atomic mass is 79.9. The molecule has 2 amide bonds. The van der Waals surface area contributed by atoms with Gasteiger partial charge in [0, 0.05) is 87.7 Å². The van der Waals surface area contributed by atoms with Crippen LogP contribution in [-0.2, 0) is 30.1 Å². The molecule has 4 aromatic rings. The zero-order chi connectivity index (χ0) is 50.7. The molecule has 2 fully saturated rings. The molecule has 6 atom stereocenters. The third-order valence-corrected chi connectivity index (χ3v) is 15.2. The van der Waals surface area contributed by atoms with Gasteiger partial charge in [0.05, 0.1) is 11.2 Å². The number of aliphatic imine (C=N–C) groups is 2. The van der Waals surface area contributed by atoms with E-state index in [1.165, 1.54) is 28.0 Å². The number of amides is 2. The van der Waals surface area contributed by atoms with Crippen molar-refractivity contribution in [2.45, 2.75) is 101 Å². The molecule has 70 heavy (non-hydrogen) atoms. The van der Waals surface area contributed by atoms with Gasteiger partial charge < -0.3 is 40.5 Å². The standard InChI is InChI=1S/C25H27Cl2N3O3.C19H24BrN3O3.C6H5BCl2O2/c1-24(2)12-15(6-7-32-24)21-13-25(22(31)30(3)23(28)29-25)19-10-14(4-5-20(19)33-21)16-8-17(26)11-18(27)9-16;1-18(2)9-11(6-7-25-18)15-10-19(16(24)23(3)17(21)22-19)13-8-12(20)4-5-14(13)26-15;8-5-1-4(7(10)11)2-6(9)3-5/h4-5,8-11,15,21H,6-7,12-13H2,1-3H3,(H2,28,29);4-5,8,11,15H,6-7,9-10H2,1-3H3,(H2,21,22);1-3,10-11H. The summed E-state index contributed by atoms with van der Waals surface area (Å²) in [5.41, 5.74) is 13.2. The minimum Gasteiger partial charge on any atom is -0.490 e. The highest BCUT2D eigenvalue weighted by Crippen LogP contribution is 2.51. The lowest BCUT2D eigenvalue weighted by Gasteiger charge is -2.44. The SMILES string of the molecule is CN1C(=O)C2(CC(C3CCOC(C)(C)C3)Oc3ccc(-c4cc(Cl)cc(Cl)c4)cc32)N=C1N.CN1C(=O)C2(CC(C3CCOC(C)(C)C3)Oc3ccc(Br)cc32)N=C1N.OB(O)c1cc(Cl)cc(Cl)c1. The molecule has 14 nitrogen and oxygen atoms in total. The minimum absolute atomic E-state index is 0.0889. The Morgan fingerprint density at radius 2 is 1.06 bits per heavy atom. The maximum absolute atomic E-state index is 13.6. The predicted molar refractivity (Wildman–Crippen MR) is 278 cm³/mol. The Hall–Kier alpha value is -4.10. The fraction of sp³-hybridized carbons (Fsp3) is 0.440. The van der Waals surface area contributed by atoms with E-state index < -0.39 is 18.2 Å². The van der Waals surface area contributed by atoms with Crippen molar-refractivity contribution in [1.82, 2.24) is 9.80 Å². The van der Waals surface area contributed by atoms with Gasteiger partial charge >= 0.3 is 7.12 Å². The maximum Gasteiger partial charge on any atom is 0.488 e. The predicted octanol–water partition coefficient (Wildman–Crippen LogP) is 8.46. The molecular weight excluding hydrogens is 1050 g/mol. The Kier molecular flexibility index (Phi) is 15.0. The van der Waals surface area contributed by atoms with Crippen LogP contribution in [0.3, 0.4) is 0 Å². The van der Waals surface area contributed by atoms with E-state index in [-0.39, 0.29) is 53.1 Å². The van der Waals surface area contributed by atoms with Crippen molar-refractivity contribution in [2.24, 2.45) is 33.3 Å². The van der Waals surface area contributed by atoms with Crippen molar-refractivity contribution in [1.29, 1.82) is 0 Å². The van der Waals surface area contributed by atoms with E-state index in [2.05, 4.69) is 48.6 Å². The van der Waals surface area contributed by atoms with E-state index >= 15 is 0 Å². The van der Waals surface area contributed by atoms with Crippen molar-refractivity contribution in [3.05, 3.63) is 108 Å². The molecule has 4 aromatic carbocycles. The van der Waals surface area contributed by atoms with Crippen molar-refractivity contribution >= 4 is 98.6 Å². The summed E-state index contributed by atoms with van der Waals surface area (Å²) in [6.45, 7) is 9.78. The lowest BCUT2D eigenvalue weighted by atomic mass is 9.74. The van der Waals surface area contributed by atoms with Crippen LogP contribution in [0.5, 0.6) is 11.5 Å². The number of guanidine groups is 2. The number of hydrogen-bond donors (Lipinski definition) is 4. The van der Waals surface area contributed by atoms with E-state index in [1.54, 1.807) is 20.2 Å². The number of hydrogen-bond acceptors (Lipinski definition) is 12. The molecule has 0 bridgehead atoms. The molecule has 0 aliphatic carbocycles. The Balaban J connectivity index is 0.000000158. The van der Waals surface area contributed by atoms with Crippen LogP contribution >= 0.6 is 62.3 Å². The highest BCUT2D eigenvalue weighted by Gasteiger charge is 2.57. The normalized spacial score (nSPS) is 27.2. The van der Waals surface area contributed by atoms with Crippen molar-refractivity contribution in [3.8, 4) is 22.6 Å². The molecule has 6 aliphatic rings. The van der Waals surface area contributed by atoms with Gasteiger partial charge in [-0.1, -0.05) is 68.4 Å². The largest absolute Gasteiger partial charge is 0.490 e. The molecule has 6 heterocycles. The van der Waals surface area contributed by atoms with Crippen LogP contribution in [0.1, 0.15) is 77.3 Å². The molecule has 0 saturated carbocycles. The Morgan fingerprint density at radius 3 is 1.47 bits per heavy atom. The first-order valence-corrected chi connectivity index (χ1v) is 25.3. The van der Waals surface area contributed by atoms with Gasteiger partial charge in [-0.25, -0.2) is 9.98 Å². The topological polar surface area (TPSA) is 195 Å². The molecule has 0 aromatic heterocycles. The fourth-order valence-electron chi connectivity index (χ4n) is 10.5. The van der Waals surface area contributed by atoms with Crippen LogP contribution in [-0.4, -0.2) is 101 Å². The van der Waals surface area contributed by atoms with Crippen LogP contribution in [0.25, 0.3) is 11.1 Å². The Labute approximate surface area is 436 Å². The first-order chi connectivity index (χ1) is 32.9. The molecule has 0 radical (unpaired) electrons. The van der Waals surface area contributed by atoms with E-state index in [0.717, 1.165) is 52.4 Å². The number of likely N-dealkylation sites (N-methyl/N-ethyl adjacent to an activating group) is 2. The number of nitrogens with two attached hydrogens (primary N) is 2. The second-order valence-corrected chi connectivity index (χ2v) is 22.6. The van der Waals surface area contributed by atoms with Crippen LogP contribution in [0.15, 0.2) is 87.3 Å². The van der Waals surface area contributed by atoms with Gasteiger partial charge in [-0.15, -0.1) is 0 Å². The quantitative estimate of drug-likeness (QED) is 0.144. The van der Waals surface area contributed by atoms with Crippen molar-refractivity contribution < 1.29 is 38.6 Å². The molecule has 6 aliphatic heterocycles. The van der Waals surface area contributed by atoms with Gasteiger partial charge in [0.15, 0.2) is 23.0 Å². The molecule has 372 valence electrons. The van der Waals surface area contributed by atoms with Crippen LogP contribution in [0.2, 0.25) is 20.1 Å². The van der Waals surface area contributed by atoms with E-state index in [4.69, 9.17) is 91.9 Å². The third kappa shape index (κ3) is 10.7. The van der Waals surface area contributed by atoms with Gasteiger partial charge in [0.25, 0.3) is 11.8 Å². The number of nitrogens with zero attached hydrogens (tertiary/aromatic N) is 4. The number of ether oxygens (including phenoxy) is 4. The number of carbonyl (C=O) groups is 2. The van der Waals surface area contributed by atoms with Gasteiger partial charge in [-0.05, 0) is 137 Å². The highest BCUT2D eigenvalue weighted by molar-refractivity contribution is 9.10. The average Bonchev–Trinajstić information content (AvgIpc) is 3.63. The second-order valence-electron chi connectivity index (χ2n) is 19.9. The first-order valence-electron chi connectivity index (χ1n) is 23.0. The van der Waals surface area contributed by atoms with E-state index in [0.29, 0.717) is 69.0 Å². The summed E-state index contributed by atoms with van der Waals surface area (Å²) < 4.78 is 25.5.